The van der Waals surface area contributed by atoms with Gasteiger partial charge in [-0.1, -0.05) is 32.6 Å². The molecule has 0 bridgehead atoms. The van der Waals surface area contributed by atoms with Crippen LogP contribution >= 0.6 is 11.3 Å². The first kappa shape index (κ1) is 12.1. The van der Waals surface area contributed by atoms with E-state index in [1.54, 1.807) is 11.3 Å². The van der Waals surface area contributed by atoms with Crippen LogP contribution in [0.4, 0.5) is 0 Å². The van der Waals surface area contributed by atoms with E-state index in [4.69, 9.17) is 0 Å². The molecule has 0 aromatic carbocycles. The van der Waals surface area contributed by atoms with E-state index >= 15 is 0 Å². The van der Waals surface area contributed by atoms with E-state index in [9.17, 15) is 0 Å². The third-order valence-electron chi connectivity index (χ3n) is 3.49. The molecular formula is C13H22N2S. The molecule has 0 radical (unpaired) electrons. The molecule has 1 unspecified atom stereocenters. The van der Waals surface area contributed by atoms with E-state index < -0.39 is 0 Å². The van der Waals surface area contributed by atoms with Gasteiger partial charge in [-0.25, -0.2) is 4.98 Å². The molecule has 2 nitrogen and oxygen atoms in total. The van der Waals surface area contributed by atoms with Crippen molar-refractivity contribution in [3.63, 3.8) is 0 Å². The minimum absolute atomic E-state index is 0.638. The smallest absolute Gasteiger partial charge is 0.0940 e. The number of rotatable bonds is 6. The van der Waals surface area contributed by atoms with Crippen LogP contribution in [0.25, 0.3) is 0 Å². The lowest BCUT2D eigenvalue weighted by Crippen LogP contribution is -2.32. The lowest BCUT2D eigenvalue weighted by molar-refractivity contribution is 0.390. The van der Waals surface area contributed by atoms with Crippen LogP contribution in [0.3, 0.4) is 0 Å². The summed E-state index contributed by atoms with van der Waals surface area (Å²) >= 11 is 1.78. The first-order valence-corrected chi connectivity index (χ1v) is 7.38. The average molecular weight is 238 g/mol. The Balaban J connectivity index is 1.83. The van der Waals surface area contributed by atoms with Gasteiger partial charge in [0.25, 0.3) is 0 Å². The third kappa shape index (κ3) is 3.56. The number of hydrogen-bond donors (Lipinski definition) is 1. The van der Waals surface area contributed by atoms with Crippen molar-refractivity contribution in [3.05, 3.63) is 16.6 Å². The topological polar surface area (TPSA) is 24.9 Å². The van der Waals surface area contributed by atoms with Crippen molar-refractivity contribution in [2.75, 3.05) is 6.54 Å². The molecule has 16 heavy (non-hydrogen) atoms. The van der Waals surface area contributed by atoms with E-state index in [2.05, 4.69) is 22.6 Å². The van der Waals surface area contributed by atoms with Gasteiger partial charge in [0.15, 0.2) is 0 Å². The summed E-state index contributed by atoms with van der Waals surface area (Å²) in [7, 11) is 0. The molecule has 1 fully saturated rings. The first-order valence-electron chi connectivity index (χ1n) is 6.50. The molecule has 0 spiro atoms. The van der Waals surface area contributed by atoms with Gasteiger partial charge < -0.3 is 5.32 Å². The number of aromatic nitrogens is 1. The molecule has 0 amide bonds. The minimum Gasteiger partial charge on any atom is -0.314 e. The van der Waals surface area contributed by atoms with Crippen LogP contribution in [0.2, 0.25) is 0 Å². The SMILES string of the molecule is CCNC(Cc1nccs1)CC1CCCC1. The fourth-order valence-electron chi connectivity index (χ4n) is 2.74. The Bertz CT molecular complexity index is 278. The molecule has 0 aliphatic heterocycles. The molecule has 2 rings (SSSR count). The van der Waals surface area contributed by atoms with Crippen LogP contribution in [0.1, 0.15) is 44.0 Å². The van der Waals surface area contributed by atoms with Crippen molar-refractivity contribution >= 4 is 11.3 Å². The van der Waals surface area contributed by atoms with E-state index in [1.165, 1.54) is 37.1 Å². The van der Waals surface area contributed by atoms with Crippen molar-refractivity contribution in [2.45, 2.75) is 51.5 Å². The molecule has 1 heterocycles. The van der Waals surface area contributed by atoms with Crippen LogP contribution in [0.5, 0.6) is 0 Å². The minimum atomic E-state index is 0.638. The van der Waals surface area contributed by atoms with Crippen molar-refractivity contribution < 1.29 is 0 Å². The molecule has 1 aromatic heterocycles. The van der Waals surface area contributed by atoms with Crippen molar-refractivity contribution in [2.24, 2.45) is 5.92 Å². The third-order valence-corrected chi connectivity index (χ3v) is 4.29. The molecular weight excluding hydrogens is 216 g/mol. The molecule has 3 heteroatoms. The molecule has 1 N–H and O–H groups in total. The van der Waals surface area contributed by atoms with Gasteiger partial charge >= 0.3 is 0 Å². The van der Waals surface area contributed by atoms with Crippen molar-refractivity contribution in [1.29, 1.82) is 0 Å². The molecule has 1 aliphatic rings. The fourth-order valence-corrected chi connectivity index (χ4v) is 3.44. The normalized spacial score (nSPS) is 19.1. The predicted octanol–water partition coefficient (Wildman–Crippen LogP) is 3.24. The van der Waals surface area contributed by atoms with Gasteiger partial charge in [-0.3, -0.25) is 0 Å². The quantitative estimate of drug-likeness (QED) is 0.823. The number of nitrogens with one attached hydrogen (secondary N) is 1. The van der Waals surface area contributed by atoms with Gasteiger partial charge in [0.1, 0.15) is 0 Å². The zero-order valence-electron chi connectivity index (χ0n) is 10.1. The number of thiazole rings is 1. The number of nitrogens with zero attached hydrogens (tertiary/aromatic N) is 1. The van der Waals surface area contributed by atoms with E-state index in [-0.39, 0.29) is 0 Å². The summed E-state index contributed by atoms with van der Waals surface area (Å²) in [5.74, 6) is 0.962. The summed E-state index contributed by atoms with van der Waals surface area (Å²) in [4.78, 5) is 4.39. The van der Waals surface area contributed by atoms with E-state index in [1.807, 2.05) is 6.20 Å². The zero-order valence-corrected chi connectivity index (χ0v) is 10.9. The van der Waals surface area contributed by atoms with Crippen LogP contribution < -0.4 is 5.32 Å². The van der Waals surface area contributed by atoms with Crippen molar-refractivity contribution in [3.8, 4) is 0 Å². The van der Waals surface area contributed by atoms with Gasteiger partial charge in [-0.2, -0.15) is 0 Å². The Labute approximate surface area is 102 Å². The molecule has 1 aromatic rings. The Kier molecular flexibility index (Phi) is 4.79. The summed E-state index contributed by atoms with van der Waals surface area (Å²) in [6.07, 6.45) is 10.1. The zero-order chi connectivity index (χ0) is 11.2. The Hall–Kier alpha value is -0.410. The fraction of sp³-hybridized carbons (Fsp3) is 0.769. The maximum Gasteiger partial charge on any atom is 0.0940 e. The molecule has 1 atom stereocenters. The summed E-state index contributed by atoms with van der Waals surface area (Å²) in [5, 5.41) is 6.97. The predicted molar refractivity (Wildman–Crippen MR) is 69.9 cm³/mol. The first-order chi connectivity index (χ1) is 7.88. The van der Waals surface area contributed by atoms with Gasteiger partial charge in [0, 0.05) is 24.0 Å². The highest BCUT2D eigenvalue weighted by atomic mass is 32.1. The summed E-state index contributed by atoms with van der Waals surface area (Å²) < 4.78 is 0. The molecule has 1 saturated carbocycles. The van der Waals surface area contributed by atoms with Gasteiger partial charge in [0.05, 0.1) is 5.01 Å². The summed E-state index contributed by atoms with van der Waals surface area (Å²) in [6, 6.07) is 0.638. The number of likely N-dealkylation sites (N-methyl/N-ethyl adjacent to an activating group) is 1. The Morgan fingerprint density at radius 2 is 2.31 bits per heavy atom. The standard InChI is InChI=1S/C13H22N2S/c1-2-14-12(9-11-5-3-4-6-11)10-13-15-7-8-16-13/h7-8,11-12,14H,2-6,9-10H2,1H3. The highest BCUT2D eigenvalue weighted by molar-refractivity contribution is 7.09. The Morgan fingerprint density at radius 3 is 2.94 bits per heavy atom. The maximum atomic E-state index is 4.39. The van der Waals surface area contributed by atoms with Crippen LogP contribution in [0, 0.1) is 5.92 Å². The van der Waals surface area contributed by atoms with Crippen LogP contribution in [-0.2, 0) is 6.42 Å². The van der Waals surface area contributed by atoms with Crippen LogP contribution in [-0.4, -0.2) is 17.6 Å². The highest BCUT2D eigenvalue weighted by Crippen LogP contribution is 2.29. The van der Waals surface area contributed by atoms with Gasteiger partial charge in [-0.15, -0.1) is 11.3 Å². The van der Waals surface area contributed by atoms with Gasteiger partial charge in [0.2, 0.25) is 0 Å². The Morgan fingerprint density at radius 1 is 1.50 bits per heavy atom. The largest absolute Gasteiger partial charge is 0.314 e. The van der Waals surface area contributed by atoms with E-state index in [0.717, 1.165) is 18.9 Å². The second-order valence-corrected chi connectivity index (χ2v) is 5.75. The molecule has 90 valence electrons. The number of hydrogen-bond acceptors (Lipinski definition) is 3. The summed E-state index contributed by atoms with van der Waals surface area (Å²) in [6.45, 7) is 3.27. The highest BCUT2D eigenvalue weighted by Gasteiger charge is 2.20. The lowest BCUT2D eigenvalue weighted by atomic mass is 9.96. The maximum absolute atomic E-state index is 4.39. The monoisotopic (exact) mass is 238 g/mol. The van der Waals surface area contributed by atoms with Gasteiger partial charge in [-0.05, 0) is 18.9 Å². The van der Waals surface area contributed by atoms with E-state index in [0.29, 0.717) is 6.04 Å². The lowest BCUT2D eigenvalue weighted by Gasteiger charge is -2.20. The van der Waals surface area contributed by atoms with Crippen LogP contribution in [0.15, 0.2) is 11.6 Å². The summed E-state index contributed by atoms with van der Waals surface area (Å²) in [5.41, 5.74) is 0. The average Bonchev–Trinajstić information content (AvgIpc) is 2.91. The molecule has 0 saturated heterocycles. The second kappa shape index (κ2) is 6.36. The van der Waals surface area contributed by atoms with Crippen molar-refractivity contribution in [1.82, 2.24) is 10.3 Å². The second-order valence-electron chi connectivity index (χ2n) is 4.77. The molecule has 1 aliphatic carbocycles.